The Labute approximate surface area is 181 Å². The molecule has 0 atom stereocenters. The Morgan fingerprint density at radius 1 is 1.07 bits per heavy atom. The van der Waals surface area contributed by atoms with E-state index in [0.717, 1.165) is 60.2 Å². The molecule has 4 rings (SSSR count). The van der Waals surface area contributed by atoms with E-state index in [1.165, 1.54) is 12.1 Å². The summed E-state index contributed by atoms with van der Waals surface area (Å²) in [4.78, 5) is 8.86. The highest BCUT2D eigenvalue weighted by atomic mass is 35.5. The number of halogens is 2. The molecule has 1 saturated carbocycles. The van der Waals surface area contributed by atoms with E-state index in [-0.39, 0.29) is 11.9 Å². The minimum Gasteiger partial charge on any atom is -0.393 e. The van der Waals surface area contributed by atoms with Gasteiger partial charge < -0.3 is 10.4 Å². The van der Waals surface area contributed by atoms with E-state index in [9.17, 15) is 9.50 Å². The number of aliphatic hydroxyl groups is 1. The lowest BCUT2D eigenvalue weighted by Gasteiger charge is -2.25. The van der Waals surface area contributed by atoms with Crippen molar-refractivity contribution in [2.24, 2.45) is 5.92 Å². The zero-order valence-corrected chi connectivity index (χ0v) is 17.4. The molecule has 0 radical (unpaired) electrons. The van der Waals surface area contributed by atoms with E-state index in [4.69, 9.17) is 11.6 Å². The van der Waals surface area contributed by atoms with Crippen LogP contribution in [-0.2, 0) is 13.0 Å². The SMILES string of the molecule is OC1CCC(Cc2cc(-c3cncc(NCc4cccc(F)c4)c3)c(Cl)cn2)CC1. The number of aromatic nitrogens is 2. The fourth-order valence-electron chi connectivity index (χ4n) is 3.99. The Bertz CT molecular complexity index is 1010. The van der Waals surface area contributed by atoms with Crippen LogP contribution in [0.25, 0.3) is 11.1 Å². The summed E-state index contributed by atoms with van der Waals surface area (Å²) in [6, 6.07) is 10.6. The van der Waals surface area contributed by atoms with Gasteiger partial charge in [-0.1, -0.05) is 23.7 Å². The number of nitrogens with one attached hydrogen (secondary N) is 1. The van der Waals surface area contributed by atoms with E-state index < -0.39 is 0 Å². The highest BCUT2D eigenvalue weighted by molar-refractivity contribution is 6.33. The molecular formula is C24H25ClFN3O. The van der Waals surface area contributed by atoms with E-state index >= 15 is 0 Å². The third kappa shape index (κ3) is 5.35. The van der Waals surface area contributed by atoms with Crippen molar-refractivity contribution in [2.75, 3.05) is 5.32 Å². The fraction of sp³-hybridized carbons (Fsp3) is 0.333. The van der Waals surface area contributed by atoms with Gasteiger partial charge in [-0.3, -0.25) is 9.97 Å². The molecule has 1 aromatic carbocycles. The predicted octanol–water partition coefficient (Wildman–Crippen LogP) is 5.64. The lowest BCUT2D eigenvalue weighted by atomic mass is 9.84. The Hall–Kier alpha value is -2.50. The van der Waals surface area contributed by atoms with Crippen molar-refractivity contribution >= 4 is 17.3 Å². The maximum atomic E-state index is 13.4. The van der Waals surface area contributed by atoms with Gasteiger partial charge in [0.25, 0.3) is 0 Å². The van der Waals surface area contributed by atoms with Crippen LogP contribution in [0.2, 0.25) is 5.02 Å². The number of hydrogen-bond donors (Lipinski definition) is 2. The molecule has 2 heterocycles. The summed E-state index contributed by atoms with van der Waals surface area (Å²) in [5.74, 6) is 0.303. The number of aliphatic hydroxyl groups excluding tert-OH is 1. The van der Waals surface area contributed by atoms with Crippen LogP contribution in [0.1, 0.15) is 36.9 Å². The van der Waals surface area contributed by atoms with Crippen molar-refractivity contribution < 1.29 is 9.50 Å². The second-order valence-electron chi connectivity index (χ2n) is 7.98. The second-order valence-corrected chi connectivity index (χ2v) is 8.39. The standard InChI is InChI=1S/C24H25ClFN3O/c25-24-15-29-20(9-16-4-6-22(30)7-5-16)11-23(24)18-10-21(14-27-13-18)28-12-17-2-1-3-19(26)8-17/h1-3,8,10-11,13-16,22,28,30H,4-7,9,12H2. The van der Waals surface area contributed by atoms with Gasteiger partial charge in [-0.25, -0.2) is 4.39 Å². The van der Waals surface area contributed by atoms with E-state index in [1.54, 1.807) is 24.7 Å². The molecule has 1 aliphatic carbocycles. The van der Waals surface area contributed by atoms with Crippen molar-refractivity contribution in [2.45, 2.75) is 44.8 Å². The van der Waals surface area contributed by atoms with Gasteiger partial charge in [0.1, 0.15) is 5.82 Å². The number of hydrogen-bond acceptors (Lipinski definition) is 4. The van der Waals surface area contributed by atoms with Crippen molar-refractivity contribution in [3.8, 4) is 11.1 Å². The monoisotopic (exact) mass is 425 g/mol. The first kappa shape index (κ1) is 20.8. The summed E-state index contributed by atoms with van der Waals surface area (Å²) in [5, 5.41) is 13.6. The average Bonchev–Trinajstić information content (AvgIpc) is 2.75. The van der Waals surface area contributed by atoms with Gasteiger partial charge in [-0.2, -0.15) is 0 Å². The summed E-state index contributed by atoms with van der Waals surface area (Å²) in [6.45, 7) is 0.506. The normalized spacial score (nSPS) is 18.9. The first-order valence-corrected chi connectivity index (χ1v) is 10.7. The zero-order valence-electron chi connectivity index (χ0n) is 16.7. The number of rotatable bonds is 6. The lowest BCUT2D eigenvalue weighted by molar-refractivity contribution is 0.108. The van der Waals surface area contributed by atoms with Gasteiger partial charge in [0.05, 0.1) is 16.8 Å². The van der Waals surface area contributed by atoms with Crippen molar-refractivity contribution in [3.63, 3.8) is 0 Å². The van der Waals surface area contributed by atoms with Gasteiger partial charge >= 0.3 is 0 Å². The minimum absolute atomic E-state index is 0.149. The molecular weight excluding hydrogens is 401 g/mol. The van der Waals surface area contributed by atoms with Gasteiger partial charge in [0, 0.05) is 42.0 Å². The fourth-order valence-corrected chi connectivity index (χ4v) is 4.21. The topological polar surface area (TPSA) is 58.0 Å². The number of benzene rings is 1. The summed E-state index contributed by atoms with van der Waals surface area (Å²) >= 11 is 6.45. The number of anilines is 1. The second kappa shape index (κ2) is 9.54. The van der Waals surface area contributed by atoms with Crippen molar-refractivity contribution in [3.05, 3.63) is 77.1 Å². The Kier molecular flexibility index (Phi) is 6.60. The lowest BCUT2D eigenvalue weighted by Crippen LogP contribution is -2.19. The third-order valence-electron chi connectivity index (χ3n) is 5.66. The molecule has 2 N–H and O–H groups in total. The highest BCUT2D eigenvalue weighted by Gasteiger charge is 2.20. The number of nitrogens with zero attached hydrogens (tertiary/aromatic N) is 2. The minimum atomic E-state index is -0.246. The molecule has 0 spiro atoms. The van der Waals surface area contributed by atoms with Crippen molar-refractivity contribution in [1.82, 2.24) is 9.97 Å². The van der Waals surface area contributed by atoms with E-state index in [0.29, 0.717) is 17.5 Å². The largest absolute Gasteiger partial charge is 0.393 e. The Morgan fingerprint density at radius 3 is 2.70 bits per heavy atom. The zero-order chi connectivity index (χ0) is 20.9. The molecule has 0 aliphatic heterocycles. The van der Waals surface area contributed by atoms with Gasteiger partial charge in [-0.15, -0.1) is 0 Å². The molecule has 4 nitrogen and oxygen atoms in total. The highest BCUT2D eigenvalue weighted by Crippen LogP contribution is 2.32. The molecule has 156 valence electrons. The van der Waals surface area contributed by atoms with Crippen LogP contribution in [0, 0.1) is 11.7 Å². The summed E-state index contributed by atoms with van der Waals surface area (Å²) < 4.78 is 13.4. The van der Waals surface area contributed by atoms with Gasteiger partial charge in [0.2, 0.25) is 0 Å². The molecule has 6 heteroatoms. The van der Waals surface area contributed by atoms with E-state index in [2.05, 4.69) is 15.3 Å². The van der Waals surface area contributed by atoms with Crippen LogP contribution in [0.4, 0.5) is 10.1 Å². The smallest absolute Gasteiger partial charge is 0.123 e. The molecule has 0 unspecified atom stereocenters. The Morgan fingerprint density at radius 2 is 1.90 bits per heavy atom. The molecule has 0 saturated heterocycles. The molecule has 2 aromatic heterocycles. The average molecular weight is 426 g/mol. The quantitative estimate of drug-likeness (QED) is 0.536. The first-order valence-electron chi connectivity index (χ1n) is 10.3. The van der Waals surface area contributed by atoms with Crippen LogP contribution < -0.4 is 5.32 Å². The molecule has 0 amide bonds. The van der Waals surface area contributed by atoms with Gasteiger partial charge in [-0.05, 0) is 67.9 Å². The maximum absolute atomic E-state index is 13.4. The summed E-state index contributed by atoms with van der Waals surface area (Å²) in [5.41, 5.74) is 4.52. The Balaban J connectivity index is 1.48. The molecule has 1 aliphatic rings. The van der Waals surface area contributed by atoms with Gasteiger partial charge in [0.15, 0.2) is 0 Å². The molecule has 1 fully saturated rings. The molecule has 3 aromatic rings. The predicted molar refractivity (Wildman–Crippen MR) is 118 cm³/mol. The van der Waals surface area contributed by atoms with Crippen LogP contribution in [0.5, 0.6) is 0 Å². The van der Waals surface area contributed by atoms with Crippen LogP contribution in [0.15, 0.2) is 55.0 Å². The third-order valence-corrected chi connectivity index (χ3v) is 5.96. The molecule has 30 heavy (non-hydrogen) atoms. The maximum Gasteiger partial charge on any atom is 0.123 e. The van der Waals surface area contributed by atoms with E-state index in [1.807, 2.05) is 18.2 Å². The number of pyridine rings is 2. The van der Waals surface area contributed by atoms with Crippen LogP contribution in [-0.4, -0.2) is 21.2 Å². The van der Waals surface area contributed by atoms with Crippen LogP contribution >= 0.6 is 11.6 Å². The molecule has 0 bridgehead atoms. The van der Waals surface area contributed by atoms with Crippen LogP contribution in [0.3, 0.4) is 0 Å². The summed E-state index contributed by atoms with van der Waals surface area (Å²) in [6.07, 6.45) is 9.77. The van der Waals surface area contributed by atoms with Crippen molar-refractivity contribution in [1.29, 1.82) is 0 Å². The first-order chi connectivity index (χ1) is 14.6. The summed E-state index contributed by atoms with van der Waals surface area (Å²) in [7, 11) is 0.